The third-order valence-corrected chi connectivity index (χ3v) is 4.71. The van der Waals surface area contributed by atoms with Gasteiger partial charge in [0.2, 0.25) is 0 Å². The molecule has 0 spiro atoms. The van der Waals surface area contributed by atoms with Crippen LogP contribution < -0.4 is 0 Å². The van der Waals surface area contributed by atoms with E-state index in [1.807, 2.05) is 18.2 Å². The normalized spacial score (nSPS) is 13.6. The van der Waals surface area contributed by atoms with Crippen molar-refractivity contribution in [2.45, 2.75) is 29.6 Å². The molecule has 102 valence electrons. The van der Waals surface area contributed by atoms with Gasteiger partial charge in [-0.1, -0.05) is 30.8 Å². The molecule has 0 radical (unpaired) electrons. The largest absolute Gasteiger partial charge is 0.504 e. The molecule has 0 aliphatic carbocycles. The summed E-state index contributed by atoms with van der Waals surface area (Å²) in [6.45, 7) is 2.07. The number of phenols is 2. The Morgan fingerprint density at radius 2 is 1.90 bits per heavy atom. The highest BCUT2D eigenvalue weighted by molar-refractivity contribution is 7.99. The highest BCUT2D eigenvalue weighted by Gasteiger charge is 2.23. The predicted molar refractivity (Wildman–Crippen MR) is 77.7 cm³/mol. The smallest absolute Gasteiger partial charge is 0.168 e. The minimum atomic E-state index is -0.251. The van der Waals surface area contributed by atoms with Crippen LogP contribution in [0, 0.1) is 0 Å². The number of aromatic hydroxyl groups is 2. The lowest BCUT2D eigenvalue weighted by atomic mass is 9.97. The Kier molecular flexibility index (Phi) is 3.18. The van der Waals surface area contributed by atoms with E-state index in [-0.39, 0.29) is 17.3 Å². The van der Waals surface area contributed by atoms with E-state index in [0.717, 1.165) is 16.9 Å². The standard InChI is InChI=1S/C16H14O3S/c1-2-9-4-3-5-15-10(9)6-12(17)11-7-13(18)14(19)8-16(11)20-15/h3-5,7-8,18-19H,2,6H2,1H3. The van der Waals surface area contributed by atoms with Gasteiger partial charge in [0.05, 0.1) is 0 Å². The average Bonchev–Trinajstić information content (AvgIpc) is 2.56. The van der Waals surface area contributed by atoms with Crippen LogP contribution in [0.4, 0.5) is 0 Å². The molecule has 3 rings (SSSR count). The molecule has 20 heavy (non-hydrogen) atoms. The van der Waals surface area contributed by atoms with Crippen molar-refractivity contribution in [2.24, 2.45) is 0 Å². The van der Waals surface area contributed by atoms with Crippen molar-refractivity contribution in [1.29, 1.82) is 0 Å². The summed E-state index contributed by atoms with van der Waals surface area (Å²) in [4.78, 5) is 14.1. The Balaban J connectivity index is 2.19. The highest BCUT2D eigenvalue weighted by atomic mass is 32.2. The van der Waals surface area contributed by atoms with Crippen LogP contribution in [0.3, 0.4) is 0 Å². The van der Waals surface area contributed by atoms with Gasteiger partial charge >= 0.3 is 0 Å². The van der Waals surface area contributed by atoms with Crippen LogP contribution in [0.25, 0.3) is 0 Å². The zero-order chi connectivity index (χ0) is 14.3. The van der Waals surface area contributed by atoms with Gasteiger partial charge in [0.1, 0.15) is 0 Å². The number of phenolic OH excluding ortho intramolecular Hbond substituents is 2. The molecule has 1 heterocycles. The second-order valence-corrected chi connectivity index (χ2v) is 5.87. The van der Waals surface area contributed by atoms with Gasteiger partial charge in [0.25, 0.3) is 0 Å². The van der Waals surface area contributed by atoms with E-state index >= 15 is 0 Å². The molecule has 1 aliphatic heterocycles. The van der Waals surface area contributed by atoms with Crippen LogP contribution in [0.15, 0.2) is 40.1 Å². The lowest BCUT2D eigenvalue weighted by molar-refractivity contribution is 0.0989. The van der Waals surface area contributed by atoms with E-state index in [1.54, 1.807) is 0 Å². The average molecular weight is 286 g/mol. The topological polar surface area (TPSA) is 57.5 Å². The number of Topliss-reactive ketones (excluding diaryl/α,β-unsaturated/α-hetero) is 1. The summed E-state index contributed by atoms with van der Waals surface area (Å²) in [5.41, 5.74) is 2.70. The molecule has 0 saturated heterocycles. The Hall–Kier alpha value is -1.94. The maximum atomic E-state index is 12.4. The molecule has 0 bridgehead atoms. The first-order chi connectivity index (χ1) is 9.60. The van der Waals surface area contributed by atoms with Crippen molar-refractivity contribution in [3.63, 3.8) is 0 Å². The first-order valence-electron chi connectivity index (χ1n) is 6.48. The lowest BCUT2D eigenvalue weighted by Crippen LogP contribution is -2.05. The van der Waals surface area contributed by atoms with Crippen LogP contribution in [0.2, 0.25) is 0 Å². The van der Waals surface area contributed by atoms with Gasteiger partial charge in [-0.05, 0) is 35.7 Å². The Morgan fingerprint density at radius 1 is 1.15 bits per heavy atom. The molecule has 3 nitrogen and oxygen atoms in total. The molecule has 0 aromatic heterocycles. The number of benzene rings is 2. The van der Waals surface area contributed by atoms with E-state index in [0.29, 0.717) is 16.9 Å². The minimum absolute atomic E-state index is 0.0255. The van der Waals surface area contributed by atoms with Gasteiger partial charge in [0, 0.05) is 21.8 Å². The maximum absolute atomic E-state index is 12.4. The second kappa shape index (κ2) is 4.87. The molecule has 0 saturated carbocycles. The van der Waals surface area contributed by atoms with Crippen molar-refractivity contribution < 1.29 is 15.0 Å². The first kappa shape index (κ1) is 13.1. The number of hydrogen-bond acceptors (Lipinski definition) is 4. The van der Waals surface area contributed by atoms with Gasteiger partial charge in [0.15, 0.2) is 17.3 Å². The van der Waals surface area contributed by atoms with Crippen LogP contribution in [0.5, 0.6) is 11.5 Å². The fraction of sp³-hybridized carbons (Fsp3) is 0.188. The second-order valence-electron chi connectivity index (χ2n) is 4.79. The van der Waals surface area contributed by atoms with Crippen molar-refractivity contribution in [2.75, 3.05) is 0 Å². The van der Waals surface area contributed by atoms with Crippen LogP contribution in [0.1, 0.15) is 28.4 Å². The molecule has 2 aromatic rings. The number of ketones is 1. The molecule has 0 atom stereocenters. The van der Waals surface area contributed by atoms with E-state index < -0.39 is 0 Å². The van der Waals surface area contributed by atoms with Gasteiger partial charge in [-0.2, -0.15) is 0 Å². The third kappa shape index (κ3) is 2.06. The summed E-state index contributed by atoms with van der Waals surface area (Å²) in [6, 6.07) is 8.84. The fourth-order valence-electron chi connectivity index (χ4n) is 2.47. The molecule has 1 aliphatic rings. The summed E-state index contributed by atoms with van der Waals surface area (Å²) >= 11 is 1.47. The van der Waals surface area contributed by atoms with Gasteiger partial charge in [-0.25, -0.2) is 0 Å². The van der Waals surface area contributed by atoms with Crippen molar-refractivity contribution >= 4 is 17.5 Å². The summed E-state index contributed by atoms with van der Waals surface area (Å²) in [7, 11) is 0. The van der Waals surface area contributed by atoms with Crippen LogP contribution in [-0.4, -0.2) is 16.0 Å². The lowest BCUT2D eigenvalue weighted by Gasteiger charge is -2.09. The minimum Gasteiger partial charge on any atom is -0.504 e. The quantitative estimate of drug-likeness (QED) is 0.787. The Labute approximate surface area is 121 Å². The van der Waals surface area contributed by atoms with Gasteiger partial charge in [-0.15, -0.1) is 0 Å². The number of hydrogen-bond donors (Lipinski definition) is 2. The fourth-order valence-corrected chi connectivity index (χ4v) is 3.64. The summed E-state index contributed by atoms with van der Waals surface area (Å²) in [5, 5.41) is 19.2. The SMILES string of the molecule is CCc1cccc2c1CC(=O)c1cc(O)c(O)cc1S2. The molecule has 2 aromatic carbocycles. The van der Waals surface area contributed by atoms with E-state index in [4.69, 9.17) is 0 Å². The Morgan fingerprint density at radius 3 is 2.65 bits per heavy atom. The zero-order valence-corrected chi connectivity index (χ0v) is 11.8. The van der Waals surface area contributed by atoms with Crippen molar-refractivity contribution in [3.8, 4) is 11.5 Å². The summed E-state index contributed by atoms with van der Waals surface area (Å²) < 4.78 is 0. The first-order valence-corrected chi connectivity index (χ1v) is 7.29. The monoisotopic (exact) mass is 286 g/mol. The van der Waals surface area contributed by atoms with E-state index in [1.165, 1.54) is 29.5 Å². The molecule has 0 unspecified atom stereocenters. The van der Waals surface area contributed by atoms with Gasteiger partial charge < -0.3 is 10.2 Å². The number of carbonyl (C=O) groups excluding carboxylic acids is 1. The molecular weight excluding hydrogens is 272 g/mol. The third-order valence-electron chi connectivity index (χ3n) is 3.55. The Bertz CT molecular complexity index is 707. The summed E-state index contributed by atoms with van der Waals surface area (Å²) in [5.74, 6) is -0.471. The molecule has 4 heteroatoms. The number of aryl methyl sites for hydroxylation is 1. The van der Waals surface area contributed by atoms with Gasteiger partial charge in [-0.3, -0.25) is 4.79 Å². The van der Waals surface area contributed by atoms with Crippen molar-refractivity contribution in [1.82, 2.24) is 0 Å². The van der Waals surface area contributed by atoms with Crippen LogP contribution >= 0.6 is 11.8 Å². The molecule has 2 N–H and O–H groups in total. The van der Waals surface area contributed by atoms with Crippen molar-refractivity contribution in [3.05, 3.63) is 47.0 Å². The highest BCUT2D eigenvalue weighted by Crippen LogP contribution is 2.42. The van der Waals surface area contributed by atoms with E-state index in [9.17, 15) is 15.0 Å². The predicted octanol–water partition coefficient (Wildman–Crippen LogP) is 3.55. The molecular formula is C16H14O3S. The molecule has 0 amide bonds. The number of carbonyl (C=O) groups is 1. The summed E-state index contributed by atoms with van der Waals surface area (Å²) in [6.07, 6.45) is 1.22. The van der Waals surface area contributed by atoms with E-state index in [2.05, 4.69) is 6.92 Å². The number of rotatable bonds is 1. The number of fused-ring (bicyclic) bond motifs is 2. The molecule has 0 fully saturated rings. The zero-order valence-electron chi connectivity index (χ0n) is 11.0. The van der Waals surface area contributed by atoms with Crippen LogP contribution in [-0.2, 0) is 12.8 Å². The maximum Gasteiger partial charge on any atom is 0.168 e.